The predicted molar refractivity (Wildman–Crippen MR) is 114 cm³/mol. The zero-order valence-corrected chi connectivity index (χ0v) is 17.3. The molecule has 3 aromatic rings. The van der Waals surface area contributed by atoms with Gasteiger partial charge in [-0.05, 0) is 60.9 Å². The molecule has 6 heteroatoms. The van der Waals surface area contributed by atoms with E-state index in [1.165, 1.54) is 5.56 Å². The van der Waals surface area contributed by atoms with Crippen LogP contribution >= 0.6 is 0 Å². The van der Waals surface area contributed by atoms with Crippen molar-refractivity contribution in [2.75, 3.05) is 13.1 Å². The Bertz CT molecular complexity index is 990. The molecule has 3 heterocycles. The van der Waals surface area contributed by atoms with E-state index in [2.05, 4.69) is 38.9 Å². The van der Waals surface area contributed by atoms with Crippen LogP contribution in [0.3, 0.4) is 0 Å². The maximum Gasteiger partial charge on any atom is 0.213 e. The second-order valence-corrected chi connectivity index (χ2v) is 8.74. The maximum atomic E-state index is 9.78. The average Bonchev–Trinajstić information content (AvgIpc) is 3.33. The van der Waals surface area contributed by atoms with E-state index in [0.717, 1.165) is 38.0 Å². The van der Waals surface area contributed by atoms with Crippen molar-refractivity contribution < 1.29 is 9.84 Å². The summed E-state index contributed by atoms with van der Waals surface area (Å²) in [6, 6.07) is 13.6. The molecular weight excluding hydrogens is 376 g/mol. The van der Waals surface area contributed by atoms with Gasteiger partial charge in [-0.25, -0.2) is 4.98 Å². The number of pyridine rings is 1. The van der Waals surface area contributed by atoms with Gasteiger partial charge in [0.05, 0.1) is 12.2 Å². The number of nitrogens with zero attached hydrogens (tertiary/aromatic N) is 4. The van der Waals surface area contributed by atoms with Crippen LogP contribution in [0.1, 0.15) is 30.0 Å². The summed E-state index contributed by atoms with van der Waals surface area (Å²) in [6.07, 6.45) is 7.94. The Kier molecular flexibility index (Phi) is 5.17. The van der Waals surface area contributed by atoms with Crippen molar-refractivity contribution >= 4 is 0 Å². The maximum absolute atomic E-state index is 9.78. The molecule has 1 saturated carbocycles. The van der Waals surface area contributed by atoms with Crippen LogP contribution in [0.15, 0.2) is 61.1 Å². The van der Waals surface area contributed by atoms with Gasteiger partial charge in [0, 0.05) is 38.1 Å². The number of aromatic nitrogens is 3. The van der Waals surface area contributed by atoms with Gasteiger partial charge in [0.25, 0.3) is 0 Å². The third kappa shape index (κ3) is 4.05. The summed E-state index contributed by atoms with van der Waals surface area (Å²) < 4.78 is 8.48. The molecule has 0 unspecified atom stereocenters. The minimum Gasteiger partial charge on any atom is -0.508 e. The quantitative estimate of drug-likeness (QED) is 0.700. The molecular formula is C24H28N4O2. The van der Waals surface area contributed by atoms with Gasteiger partial charge in [0.15, 0.2) is 0 Å². The molecule has 6 nitrogen and oxygen atoms in total. The summed E-state index contributed by atoms with van der Waals surface area (Å²) in [5.41, 5.74) is 2.33. The molecule has 0 amide bonds. The van der Waals surface area contributed by atoms with Crippen LogP contribution in [-0.4, -0.2) is 44.0 Å². The molecule has 2 aromatic heterocycles. The van der Waals surface area contributed by atoms with Crippen molar-refractivity contribution in [3.05, 3.63) is 72.2 Å². The first-order valence-electron chi connectivity index (χ1n) is 10.7. The standard InChI is InChI=1S/C24H28N4O2/c1-17-12-26-28(13-17)22-10-19-15-27(14-18-5-4-6-21(29)9-18)16-20(19)11-23(22)30-24-7-2-3-8-25-24/h2-9,12-13,19-20,22-23,29H,10-11,14-16H2,1H3/t19-,20+,22-,23-/m0/s1. The first kappa shape index (κ1) is 19.1. The Labute approximate surface area is 177 Å². The Morgan fingerprint density at radius 3 is 2.70 bits per heavy atom. The molecule has 4 atom stereocenters. The van der Waals surface area contributed by atoms with Gasteiger partial charge in [-0.1, -0.05) is 18.2 Å². The highest BCUT2D eigenvalue weighted by Crippen LogP contribution is 2.43. The Balaban J connectivity index is 1.33. The van der Waals surface area contributed by atoms with Crippen molar-refractivity contribution in [1.82, 2.24) is 19.7 Å². The van der Waals surface area contributed by atoms with E-state index in [9.17, 15) is 5.11 Å². The van der Waals surface area contributed by atoms with Crippen molar-refractivity contribution in [3.63, 3.8) is 0 Å². The third-order valence-corrected chi connectivity index (χ3v) is 6.46. The summed E-state index contributed by atoms with van der Waals surface area (Å²) in [5, 5.41) is 14.4. The number of likely N-dealkylation sites (tertiary alicyclic amines) is 1. The van der Waals surface area contributed by atoms with Gasteiger partial charge >= 0.3 is 0 Å². The molecule has 0 bridgehead atoms. The zero-order valence-electron chi connectivity index (χ0n) is 17.3. The molecule has 0 spiro atoms. The number of benzene rings is 1. The summed E-state index contributed by atoms with van der Waals surface area (Å²) >= 11 is 0. The number of hydrogen-bond donors (Lipinski definition) is 1. The van der Waals surface area contributed by atoms with Crippen molar-refractivity contribution in [2.45, 2.75) is 38.5 Å². The smallest absolute Gasteiger partial charge is 0.213 e. The van der Waals surface area contributed by atoms with Crippen LogP contribution in [0, 0.1) is 18.8 Å². The van der Waals surface area contributed by atoms with Gasteiger partial charge in [0.2, 0.25) is 5.88 Å². The minimum absolute atomic E-state index is 0.0566. The van der Waals surface area contributed by atoms with Crippen LogP contribution in [0.4, 0.5) is 0 Å². The molecule has 1 saturated heterocycles. The number of aromatic hydroxyl groups is 1. The molecule has 0 radical (unpaired) electrons. The number of phenolic OH excluding ortho intramolecular Hbond substituents is 1. The highest BCUT2D eigenvalue weighted by Gasteiger charge is 2.44. The van der Waals surface area contributed by atoms with E-state index in [0.29, 0.717) is 23.5 Å². The first-order valence-corrected chi connectivity index (χ1v) is 10.7. The van der Waals surface area contributed by atoms with E-state index in [-0.39, 0.29) is 12.1 Å². The van der Waals surface area contributed by atoms with Gasteiger partial charge in [-0.15, -0.1) is 0 Å². The lowest BCUT2D eigenvalue weighted by atomic mass is 9.77. The average molecular weight is 405 g/mol. The highest BCUT2D eigenvalue weighted by atomic mass is 16.5. The third-order valence-electron chi connectivity index (χ3n) is 6.46. The van der Waals surface area contributed by atoms with Crippen LogP contribution in [0.25, 0.3) is 0 Å². The lowest BCUT2D eigenvalue weighted by Crippen LogP contribution is -2.40. The Morgan fingerprint density at radius 2 is 1.97 bits per heavy atom. The van der Waals surface area contributed by atoms with E-state index < -0.39 is 0 Å². The summed E-state index contributed by atoms with van der Waals surface area (Å²) in [6.45, 7) is 5.09. The second-order valence-electron chi connectivity index (χ2n) is 8.74. The minimum atomic E-state index is 0.0566. The Morgan fingerprint density at radius 1 is 1.10 bits per heavy atom. The summed E-state index contributed by atoms with van der Waals surface area (Å²) in [4.78, 5) is 6.90. The fourth-order valence-electron chi connectivity index (χ4n) is 5.12. The molecule has 2 aliphatic rings. The largest absolute Gasteiger partial charge is 0.508 e. The molecule has 30 heavy (non-hydrogen) atoms. The summed E-state index contributed by atoms with van der Waals surface area (Å²) in [7, 11) is 0. The number of aryl methyl sites for hydroxylation is 1. The zero-order chi connectivity index (χ0) is 20.5. The van der Waals surface area contributed by atoms with E-state index in [1.54, 1.807) is 12.3 Å². The fraction of sp³-hybridized carbons (Fsp3) is 0.417. The topological polar surface area (TPSA) is 63.4 Å². The van der Waals surface area contributed by atoms with Crippen LogP contribution in [-0.2, 0) is 6.54 Å². The fourth-order valence-corrected chi connectivity index (χ4v) is 5.12. The molecule has 2 fully saturated rings. The second kappa shape index (κ2) is 8.11. The van der Waals surface area contributed by atoms with Gasteiger partial charge in [-0.2, -0.15) is 5.10 Å². The first-order chi connectivity index (χ1) is 14.6. The SMILES string of the molecule is Cc1cnn([C@H]2C[C@H]3CN(Cc4cccc(O)c4)C[C@H]3C[C@@H]2Oc2ccccn2)c1. The van der Waals surface area contributed by atoms with Gasteiger partial charge < -0.3 is 9.84 Å². The number of hydrogen-bond acceptors (Lipinski definition) is 5. The number of fused-ring (bicyclic) bond motifs is 1. The van der Waals surface area contributed by atoms with Crippen LogP contribution in [0.2, 0.25) is 0 Å². The number of ether oxygens (including phenoxy) is 1. The number of phenols is 1. The van der Waals surface area contributed by atoms with Crippen molar-refractivity contribution in [3.8, 4) is 11.6 Å². The number of rotatable bonds is 5. The van der Waals surface area contributed by atoms with Gasteiger partial charge in [0.1, 0.15) is 11.9 Å². The summed E-state index contributed by atoms with van der Waals surface area (Å²) in [5.74, 6) is 2.25. The molecule has 1 N–H and O–H groups in total. The lowest BCUT2D eigenvalue weighted by Gasteiger charge is -2.37. The predicted octanol–water partition coefficient (Wildman–Crippen LogP) is 3.82. The van der Waals surface area contributed by atoms with Crippen molar-refractivity contribution in [2.24, 2.45) is 11.8 Å². The van der Waals surface area contributed by atoms with Crippen LogP contribution in [0.5, 0.6) is 11.6 Å². The van der Waals surface area contributed by atoms with Crippen LogP contribution < -0.4 is 4.74 Å². The monoisotopic (exact) mass is 404 g/mol. The molecule has 1 aliphatic carbocycles. The van der Waals surface area contributed by atoms with E-state index >= 15 is 0 Å². The van der Waals surface area contributed by atoms with Gasteiger partial charge in [-0.3, -0.25) is 9.58 Å². The van der Waals surface area contributed by atoms with E-state index in [4.69, 9.17) is 4.74 Å². The molecule has 1 aromatic carbocycles. The molecule has 1 aliphatic heterocycles. The normalized spacial score (nSPS) is 26.4. The highest BCUT2D eigenvalue weighted by molar-refractivity contribution is 5.27. The Hall–Kier alpha value is -2.86. The molecule has 5 rings (SSSR count). The molecule has 156 valence electrons. The van der Waals surface area contributed by atoms with Crippen molar-refractivity contribution in [1.29, 1.82) is 0 Å². The van der Waals surface area contributed by atoms with E-state index in [1.807, 2.05) is 36.5 Å². The lowest BCUT2D eigenvalue weighted by molar-refractivity contribution is 0.0459.